The van der Waals surface area contributed by atoms with Crippen LogP contribution in [0.15, 0.2) is 42.5 Å². The fourth-order valence-electron chi connectivity index (χ4n) is 1.86. The van der Waals surface area contributed by atoms with Gasteiger partial charge in [-0.3, -0.25) is 4.79 Å². The first kappa shape index (κ1) is 16.6. The van der Waals surface area contributed by atoms with Crippen LogP contribution < -0.4 is 10.1 Å². The Hall–Kier alpha value is -1.78. The number of benzene rings is 2. The molecule has 0 spiro atoms. The third-order valence-electron chi connectivity index (χ3n) is 2.90. The van der Waals surface area contributed by atoms with Crippen LogP contribution in [-0.4, -0.2) is 12.0 Å². The predicted octanol–water partition coefficient (Wildman–Crippen LogP) is 4.93. The van der Waals surface area contributed by atoms with Gasteiger partial charge in [-0.2, -0.15) is 0 Å². The quantitative estimate of drug-likeness (QED) is 0.837. The minimum atomic E-state index is -0.824. The fourth-order valence-corrected chi connectivity index (χ4v) is 2.39. The van der Waals surface area contributed by atoms with Crippen molar-refractivity contribution in [2.45, 2.75) is 19.4 Å². The van der Waals surface area contributed by atoms with Crippen molar-refractivity contribution in [1.29, 1.82) is 0 Å². The molecule has 0 radical (unpaired) electrons. The highest BCUT2D eigenvalue weighted by Gasteiger charge is 2.20. The average Bonchev–Trinajstić information content (AvgIpc) is 2.45. The molecule has 3 nitrogen and oxygen atoms in total. The topological polar surface area (TPSA) is 38.3 Å². The van der Waals surface area contributed by atoms with E-state index < -0.39 is 17.8 Å². The summed E-state index contributed by atoms with van der Waals surface area (Å²) in [5.41, 5.74) is 0.457. The van der Waals surface area contributed by atoms with Gasteiger partial charge in [0, 0.05) is 15.7 Å². The van der Waals surface area contributed by atoms with Crippen LogP contribution in [0.4, 0.5) is 10.1 Å². The number of amides is 1. The molecule has 0 aliphatic heterocycles. The highest BCUT2D eigenvalue weighted by Crippen LogP contribution is 2.23. The Morgan fingerprint density at radius 3 is 2.45 bits per heavy atom. The van der Waals surface area contributed by atoms with E-state index in [2.05, 4.69) is 5.32 Å². The number of hydrogen-bond acceptors (Lipinski definition) is 2. The van der Waals surface area contributed by atoms with Crippen molar-refractivity contribution in [3.05, 3.63) is 58.3 Å². The van der Waals surface area contributed by atoms with Gasteiger partial charge >= 0.3 is 0 Å². The zero-order valence-electron chi connectivity index (χ0n) is 11.8. The molecule has 0 heterocycles. The largest absolute Gasteiger partial charge is 0.478 e. The van der Waals surface area contributed by atoms with Gasteiger partial charge in [-0.1, -0.05) is 42.3 Å². The van der Waals surface area contributed by atoms with Crippen LogP contribution in [-0.2, 0) is 4.79 Å². The summed E-state index contributed by atoms with van der Waals surface area (Å²) in [4.78, 5) is 12.2. The molecule has 0 fully saturated rings. The van der Waals surface area contributed by atoms with Crippen molar-refractivity contribution in [3.8, 4) is 5.75 Å². The van der Waals surface area contributed by atoms with Crippen molar-refractivity contribution in [2.75, 3.05) is 5.32 Å². The SMILES string of the molecule is CC[C@@H](Oc1ccccc1F)C(=O)Nc1cc(Cl)cc(Cl)c1. The number of para-hydroxylation sites is 1. The van der Waals surface area contributed by atoms with E-state index in [1.165, 1.54) is 12.1 Å². The number of ether oxygens (including phenoxy) is 1. The molecule has 2 rings (SSSR count). The molecule has 1 atom stereocenters. The van der Waals surface area contributed by atoms with E-state index in [0.717, 1.165) is 0 Å². The minimum absolute atomic E-state index is 0.0358. The van der Waals surface area contributed by atoms with E-state index in [0.29, 0.717) is 22.2 Å². The second kappa shape index (κ2) is 7.47. The zero-order chi connectivity index (χ0) is 16.1. The molecule has 0 saturated heterocycles. The van der Waals surface area contributed by atoms with Gasteiger partial charge in [-0.15, -0.1) is 0 Å². The normalized spacial score (nSPS) is 11.8. The van der Waals surface area contributed by atoms with Crippen LogP contribution in [0.5, 0.6) is 5.75 Å². The summed E-state index contributed by atoms with van der Waals surface area (Å²) in [6, 6.07) is 10.6. The van der Waals surface area contributed by atoms with Gasteiger partial charge in [0.25, 0.3) is 5.91 Å². The van der Waals surface area contributed by atoms with Crippen molar-refractivity contribution in [2.24, 2.45) is 0 Å². The van der Waals surface area contributed by atoms with E-state index in [1.54, 1.807) is 37.3 Å². The van der Waals surface area contributed by atoms with Crippen molar-refractivity contribution >= 4 is 34.8 Å². The van der Waals surface area contributed by atoms with Crippen LogP contribution in [0, 0.1) is 5.82 Å². The van der Waals surface area contributed by atoms with Gasteiger partial charge in [-0.25, -0.2) is 4.39 Å². The highest BCUT2D eigenvalue weighted by molar-refractivity contribution is 6.35. The second-order valence-electron chi connectivity index (χ2n) is 4.59. The summed E-state index contributed by atoms with van der Waals surface area (Å²) in [5.74, 6) is -0.878. The lowest BCUT2D eigenvalue weighted by molar-refractivity contribution is -0.122. The molecular weight excluding hydrogens is 328 g/mol. The van der Waals surface area contributed by atoms with E-state index in [-0.39, 0.29) is 5.75 Å². The molecule has 2 aromatic carbocycles. The van der Waals surface area contributed by atoms with Crippen LogP contribution in [0.3, 0.4) is 0 Å². The first-order valence-electron chi connectivity index (χ1n) is 6.67. The monoisotopic (exact) mass is 341 g/mol. The van der Waals surface area contributed by atoms with E-state index >= 15 is 0 Å². The Morgan fingerprint density at radius 1 is 1.23 bits per heavy atom. The number of halogens is 3. The minimum Gasteiger partial charge on any atom is -0.478 e. The third kappa shape index (κ3) is 4.36. The van der Waals surface area contributed by atoms with E-state index in [4.69, 9.17) is 27.9 Å². The lowest BCUT2D eigenvalue weighted by Crippen LogP contribution is -2.32. The average molecular weight is 342 g/mol. The molecule has 6 heteroatoms. The maximum Gasteiger partial charge on any atom is 0.265 e. The fraction of sp³-hybridized carbons (Fsp3) is 0.188. The molecule has 1 amide bonds. The van der Waals surface area contributed by atoms with Gasteiger partial charge in [0.1, 0.15) is 0 Å². The highest BCUT2D eigenvalue weighted by atomic mass is 35.5. The first-order chi connectivity index (χ1) is 10.5. The zero-order valence-corrected chi connectivity index (χ0v) is 13.3. The van der Waals surface area contributed by atoms with E-state index in [1.807, 2.05) is 0 Å². The number of carbonyl (C=O) groups excluding carboxylic acids is 1. The molecule has 0 unspecified atom stereocenters. The van der Waals surface area contributed by atoms with Crippen LogP contribution in [0.25, 0.3) is 0 Å². The molecule has 0 aliphatic carbocycles. The maximum absolute atomic E-state index is 13.6. The molecule has 22 heavy (non-hydrogen) atoms. The molecule has 0 aromatic heterocycles. The summed E-state index contributed by atoms with van der Waals surface area (Å²) in [5, 5.41) is 3.48. The molecule has 116 valence electrons. The third-order valence-corrected chi connectivity index (χ3v) is 3.34. The standard InChI is InChI=1S/C16H14Cl2FNO2/c1-2-14(22-15-6-4-3-5-13(15)19)16(21)20-12-8-10(17)7-11(18)9-12/h3-9,14H,2H2,1H3,(H,20,21)/t14-/m1/s1. The first-order valence-corrected chi connectivity index (χ1v) is 7.43. The van der Waals surface area contributed by atoms with E-state index in [9.17, 15) is 9.18 Å². The Bertz CT molecular complexity index is 659. The maximum atomic E-state index is 13.6. The Labute approximate surface area is 138 Å². The van der Waals surface area contributed by atoms with Gasteiger partial charge in [0.15, 0.2) is 17.7 Å². The molecule has 0 aliphatic rings. The number of rotatable bonds is 5. The van der Waals surface area contributed by atoms with Crippen molar-refractivity contribution in [3.63, 3.8) is 0 Å². The summed E-state index contributed by atoms with van der Waals surface area (Å²) in [6.07, 6.45) is -0.441. The summed E-state index contributed by atoms with van der Waals surface area (Å²) >= 11 is 11.8. The second-order valence-corrected chi connectivity index (χ2v) is 5.47. The van der Waals surface area contributed by atoms with Gasteiger partial charge in [-0.05, 0) is 36.8 Å². The molecular formula is C16H14Cl2FNO2. The summed E-state index contributed by atoms with van der Waals surface area (Å²) in [6.45, 7) is 1.77. The summed E-state index contributed by atoms with van der Waals surface area (Å²) in [7, 11) is 0. The number of hydrogen-bond donors (Lipinski definition) is 1. The number of anilines is 1. The van der Waals surface area contributed by atoms with Crippen LogP contribution in [0.1, 0.15) is 13.3 Å². The van der Waals surface area contributed by atoms with Crippen LogP contribution >= 0.6 is 23.2 Å². The Morgan fingerprint density at radius 2 is 1.86 bits per heavy atom. The lowest BCUT2D eigenvalue weighted by atomic mass is 10.2. The molecule has 1 N–H and O–H groups in total. The van der Waals surface area contributed by atoms with Crippen LogP contribution in [0.2, 0.25) is 10.0 Å². The smallest absolute Gasteiger partial charge is 0.265 e. The summed E-state index contributed by atoms with van der Waals surface area (Å²) < 4.78 is 19.0. The number of carbonyl (C=O) groups is 1. The molecule has 0 saturated carbocycles. The Balaban J connectivity index is 2.10. The number of nitrogens with one attached hydrogen (secondary N) is 1. The lowest BCUT2D eigenvalue weighted by Gasteiger charge is -2.17. The predicted molar refractivity (Wildman–Crippen MR) is 86.2 cm³/mol. The Kier molecular flexibility index (Phi) is 5.63. The van der Waals surface area contributed by atoms with Gasteiger partial charge in [0.05, 0.1) is 0 Å². The van der Waals surface area contributed by atoms with Crippen molar-refractivity contribution < 1.29 is 13.9 Å². The molecule has 0 bridgehead atoms. The van der Waals surface area contributed by atoms with Crippen molar-refractivity contribution in [1.82, 2.24) is 0 Å². The molecule has 2 aromatic rings. The van der Waals surface area contributed by atoms with Gasteiger partial charge < -0.3 is 10.1 Å². The van der Waals surface area contributed by atoms with Gasteiger partial charge in [0.2, 0.25) is 0 Å².